The minimum atomic E-state index is -0.239. The van der Waals surface area contributed by atoms with Gasteiger partial charge in [0.1, 0.15) is 5.82 Å². The maximum absolute atomic E-state index is 13.0. The van der Waals surface area contributed by atoms with Crippen molar-refractivity contribution in [1.82, 2.24) is 25.5 Å². The minimum absolute atomic E-state index is 0. The fourth-order valence-corrected chi connectivity index (χ4v) is 2.93. The molecule has 4 rings (SSSR count). The molecule has 0 atom stereocenters. The Hall–Kier alpha value is -3.49. The predicted octanol–water partition coefficient (Wildman–Crippen LogP) is 4.31. The second kappa shape index (κ2) is 10.5. The third kappa shape index (κ3) is 5.56. The summed E-state index contributed by atoms with van der Waals surface area (Å²) in [7, 11) is 1.58. The molecule has 0 amide bonds. The second-order valence-electron chi connectivity index (χ2n) is 6.53. The minimum Gasteiger partial charge on any atom is -0.493 e. The van der Waals surface area contributed by atoms with E-state index in [1.54, 1.807) is 19.2 Å². The lowest BCUT2D eigenvalue weighted by Crippen LogP contribution is -2.12. The second-order valence-corrected chi connectivity index (χ2v) is 6.53. The number of hydrogen-bond acceptors (Lipinski definition) is 6. The summed E-state index contributed by atoms with van der Waals surface area (Å²) in [6.45, 7) is 1.25. The standard InChI is InChI=1S/C22H20FN5O2.ClH/c1-29-21-13-17(15-24-14-16-7-10-18(23)11-8-16)9-12-20(21)30-22-25-26-27-28(22)19-5-3-2-4-6-19;/h2-13,24H,14-15H2,1H3;1H. The average molecular weight is 442 g/mol. The molecule has 7 nitrogen and oxygen atoms in total. The molecular formula is C22H21ClFN5O2. The molecule has 9 heteroatoms. The van der Waals surface area contributed by atoms with Crippen molar-refractivity contribution < 1.29 is 13.9 Å². The fourth-order valence-electron chi connectivity index (χ4n) is 2.93. The quantitative estimate of drug-likeness (QED) is 0.439. The number of halogens is 2. The van der Waals surface area contributed by atoms with Crippen molar-refractivity contribution in [1.29, 1.82) is 0 Å². The summed E-state index contributed by atoms with van der Waals surface area (Å²) in [6, 6.07) is 21.8. The highest BCUT2D eigenvalue weighted by Crippen LogP contribution is 2.32. The van der Waals surface area contributed by atoms with Gasteiger partial charge in [-0.05, 0) is 58.0 Å². The van der Waals surface area contributed by atoms with Crippen molar-refractivity contribution in [3.05, 3.63) is 89.7 Å². The summed E-state index contributed by atoms with van der Waals surface area (Å²) in [5.74, 6) is 0.836. The molecule has 0 fully saturated rings. The first-order valence-corrected chi connectivity index (χ1v) is 9.36. The number of nitrogens with one attached hydrogen (secondary N) is 1. The Kier molecular flexibility index (Phi) is 7.53. The number of hydrogen-bond donors (Lipinski definition) is 1. The molecular weight excluding hydrogens is 421 g/mol. The Bertz CT molecular complexity index is 1110. The lowest BCUT2D eigenvalue weighted by molar-refractivity contribution is 0.362. The molecule has 1 N–H and O–H groups in total. The maximum atomic E-state index is 13.0. The van der Waals surface area contributed by atoms with Crippen LogP contribution in [0.2, 0.25) is 0 Å². The summed E-state index contributed by atoms with van der Waals surface area (Å²) < 4.78 is 25.9. The van der Waals surface area contributed by atoms with E-state index in [0.29, 0.717) is 24.6 Å². The van der Waals surface area contributed by atoms with E-state index in [1.807, 2.05) is 48.5 Å². The van der Waals surface area contributed by atoms with Crippen molar-refractivity contribution >= 4 is 12.4 Å². The van der Waals surface area contributed by atoms with Crippen LogP contribution in [0.4, 0.5) is 4.39 Å². The Morgan fingerprint density at radius 1 is 0.903 bits per heavy atom. The highest BCUT2D eigenvalue weighted by atomic mass is 35.5. The van der Waals surface area contributed by atoms with Gasteiger partial charge in [-0.3, -0.25) is 0 Å². The van der Waals surface area contributed by atoms with E-state index < -0.39 is 0 Å². The van der Waals surface area contributed by atoms with Gasteiger partial charge in [0.2, 0.25) is 0 Å². The molecule has 0 saturated carbocycles. The number of aromatic nitrogens is 4. The Labute approximate surface area is 185 Å². The van der Waals surface area contributed by atoms with Crippen LogP contribution in [0.25, 0.3) is 5.69 Å². The largest absolute Gasteiger partial charge is 0.493 e. The van der Waals surface area contributed by atoms with Gasteiger partial charge in [0, 0.05) is 13.1 Å². The molecule has 3 aromatic carbocycles. The fraction of sp³-hybridized carbons (Fsp3) is 0.136. The molecule has 0 aliphatic rings. The Morgan fingerprint density at radius 3 is 2.35 bits per heavy atom. The third-order valence-corrected chi connectivity index (χ3v) is 4.44. The van der Waals surface area contributed by atoms with E-state index in [1.165, 1.54) is 16.8 Å². The number of para-hydroxylation sites is 1. The summed E-state index contributed by atoms with van der Waals surface area (Å²) in [5, 5.41) is 15.0. The van der Waals surface area contributed by atoms with Crippen LogP contribution in [0.15, 0.2) is 72.8 Å². The smallest absolute Gasteiger partial charge is 0.346 e. The number of benzene rings is 3. The molecule has 0 saturated heterocycles. The van der Waals surface area contributed by atoms with Gasteiger partial charge in [-0.2, -0.15) is 4.68 Å². The predicted molar refractivity (Wildman–Crippen MR) is 116 cm³/mol. The van der Waals surface area contributed by atoms with Crippen LogP contribution < -0.4 is 14.8 Å². The first-order chi connectivity index (χ1) is 14.7. The zero-order valence-corrected chi connectivity index (χ0v) is 17.6. The summed E-state index contributed by atoms with van der Waals surface area (Å²) >= 11 is 0. The van der Waals surface area contributed by atoms with Gasteiger partial charge >= 0.3 is 6.01 Å². The van der Waals surface area contributed by atoms with Gasteiger partial charge in [-0.25, -0.2) is 4.39 Å². The molecule has 160 valence electrons. The third-order valence-electron chi connectivity index (χ3n) is 4.44. The van der Waals surface area contributed by atoms with E-state index >= 15 is 0 Å². The van der Waals surface area contributed by atoms with Gasteiger partial charge in [-0.1, -0.05) is 41.5 Å². The number of methoxy groups -OCH3 is 1. The van der Waals surface area contributed by atoms with E-state index in [9.17, 15) is 4.39 Å². The first-order valence-electron chi connectivity index (χ1n) is 9.36. The summed E-state index contributed by atoms with van der Waals surface area (Å²) in [4.78, 5) is 0. The highest BCUT2D eigenvalue weighted by Gasteiger charge is 2.14. The summed E-state index contributed by atoms with van der Waals surface area (Å²) in [6.07, 6.45) is 0. The molecule has 1 aromatic heterocycles. The van der Waals surface area contributed by atoms with E-state index in [0.717, 1.165) is 16.8 Å². The van der Waals surface area contributed by atoms with Crippen molar-refractivity contribution in [2.45, 2.75) is 13.1 Å². The van der Waals surface area contributed by atoms with Crippen LogP contribution in [0, 0.1) is 5.82 Å². The molecule has 0 spiro atoms. The molecule has 0 aliphatic carbocycles. The van der Waals surface area contributed by atoms with Crippen LogP contribution >= 0.6 is 12.4 Å². The molecule has 31 heavy (non-hydrogen) atoms. The van der Waals surface area contributed by atoms with E-state index in [-0.39, 0.29) is 24.2 Å². The summed E-state index contributed by atoms with van der Waals surface area (Å²) in [5.41, 5.74) is 2.82. The normalized spacial score (nSPS) is 10.4. The molecule has 0 radical (unpaired) electrons. The van der Waals surface area contributed by atoms with Gasteiger partial charge in [0.25, 0.3) is 0 Å². The molecule has 1 heterocycles. The molecule has 0 bridgehead atoms. The highest BCUT2D eigenvalue weighted by molar-refractivity contribution is 5.85. The first kappa shape index (κ1) is 22.2. The van der Waals surface area contributed by atoms with Gasteiger partial charge in [-0.15, -0.1) is 12.4 Å². The molecule has 0 unspecified atom stereocenters. The van der Waals surface area contributed by atoms with Crippen LogP contribution in [0.5, 0.6) is 17.5 Å². The average Bonchev–Trinajstić information content (AvgIpc) is 3.25. The molecule has 0 aliphatic heterocycles. The lowest BCUT2D eigenvalue weighted by atomic mass is 10.2. The van der Waals surface area contributed by atoms with Crippen LogP contribution in [0.3, 0.4) is 0 Å². The SMILES string of the molecule is COc1cc(CNCc2ccc(F)cc2)ccc1Oc1nnnn1-c1ccccc1.Cl. The van der Waals surface area contributed by atoms with Crippen LogP contribution in [0.1, 0.15) is 11.1 Å². The van der Waals surface area contributed by atoms with Crippen LogP contribution in [-0.4, -0.2) is 27.3 Å². The van der Waals surface area contributed by atoms with Crippen molar-refractivity contribution in [3.63, 3.8) is 0 Å². The van der Waals surface area contributed by atoms with Crippen LogP contribution in [-0.2, 0) is 13.1 Å². The number of nitrogens with zero attached hydrogens (tertiary/aromatic N) is 4. The topological polar surface area (TPSA) is 74.1 Å². The van der Waals surface area contributed by atoms with E-state index in [4.69, 9.17) is 9.47 Å². The Morgan fingerprint density at radius 2 is 1.61 bits per heavy atom. The van der Waals surface area contributed by atoms with Gasteiger partial charge in [0.15, 0.2) is 11.5 Å². The number of ether oxygens (including phenoxy) is 2. The molecule has 4 aromatic rings. The van der Waals surface area contributed by atoms with Gasteiger partial charge in [0.05, 0.1) is 12.8 Å². The monoisotopic (exact) mass is 441 g/mol. The Balaban J connectivity index is 0.00000272. The van der Waals surface area contributed by atoms with Crippen molar-refractivity contribution in [2.24, 2.45) is 0 Å². The van der Waals surface area contributed by atoms with Gasteiger partial charge < -0.3 is 14.8 Å². The zero-order valence-electron chi connectivity index (χ0n) is 16.7. The van der Waals surface area contributed by atoms with E-state index in [2.05, 4.69) is 20.8 Å². The van der Waals surface area contributed by atoms with Crippen molar-refractivity contribution in [3.8, 4) is 23.2 Å². The zero-order chi connectivity index (χ0) is 20.8. The van der Waals surface area contributed by atoms with Crippen molar-refractivity contribution in [2.75, 3.05) is 7.11 Å². The number of tetrazole rings is 1. The maximum Gasteiger partial charge on any atom is 0.346 e. The lowest BCUT2D eigenvalue weighted by Gasteiger charge is -2.12. The number of rotatable bonds is 8.